The van der Waals surface area contributed by atoms with Crippen LogP contribution in [0.2, 0.25) is 0 Å². The number of benzene rings is 1. The Morgan fingerprint density at radius 3 is 2.65 bits per heavy atom. The van der Waals surface area contributed by atoms with Crippen LogP contribution in [0.4, 0.5) is 10.2 Å². The number of rotatable bonds is 5. The summed E-state index contributed by atoms with van der Waals surface area (Å²) in [5, 5.41) is 32.9. The van der Waals surface area contributed by atoms with Gasteiger partial charge >= 0.3 is 0 Å². The van der Waals surface area contributed by atoms with Gasteiger partial charge in [-0.2, -0.15) is 15.3 Å². The first kappa shape index (κ1) is 23.8. The monoisotopic (exact) mass is 502 g/mol. The Bertz CT molecular complexity index is 1380. The van der Waals surface area contributed by atoms with Crippen LogP contribution >= 0.6 is 0 Å². The SMILES string of the molecule is Cn1nc(-c2ccc(-c3ncc(N(C4CC4)[C@@H]4C[C@@]5(C)CCC[C@](C)(C5)[C@@H]4F)nn3)c(O)c2)nc1C#N. The van der Waals surface area contributed by atoms with Crippen molar-refractivity contribution in [3.8, 4) is 34.6 Å². The number of nitriles is 1. The van der Waals surface area contributed by atoms with Crippen LogP contribution in [-0.2, 0) is 7.05 Å². The molecule has 4 atom stereocenters. The molecule has 192 valence electrons. The Balaban J connectivity index is 1.28. The summed E-state index contributed by atoms with van der Waals surface area (Å²) < 4.78 is 17.4. The zero-order chi connectivity index (χ0) is 25.9. The van der Waals surface area contributed by atoms with E-state index in [0.717, 1.165) is 44.9 Å². The van der Waals surface area contributed by atoms with E-state index in [9.17, 15) is 5.11 Å². The standard InChI is InChI=1S/C27H31FN8O/c1-26-9-4-10-27(2,15-26)23(28)19(12-26)36(17-6-7-17)22-14-30-25(33-32-22)18-8-5-16(11-20(18)37)24-31-21(13-29)35(3)34-24/h5,8,11,14,17,19,23,37H,4,6-7,9-10,12,15H2,1-3H3/t19-,23-,26-,27-/m1/s1. The smallest absolute Gasteiger partial charge is 0.231 e. The first-order chi connectivity index (χ1) is 17.7. The van der Waals surface area contributed by atoms with Crippen molar-refractivity contribution in [3.63, 3.8) is 0 Å². The molecule has 3 aromatic rings. The number of hydrogen-bond acceptors (Lipinski definition) is 8. The molecule has 2 heterocycles. The average Bonchev–Trinajstić information content (AvgIpc) is 3.63. The molecule has 0 unspecified atom stereocenters. The third-order valence-electron chi connectivity index (χ3n) is 8.54. The highest BCUT2D eigenvalue weighted by Gasteiger charge is 2.56. The zero-order valence-electron chi connectivity index (χ0n) is 21.4. The van der Waals surface area contributed by atoms with Crippen LogP contribution in [0.1, 0.15) is 64.6 Å². The van der Waals surface area contributed by atoms with E-state index in [0.29, 0.717) is 22.8 Å². The lowest BCUT2D eigenvalue weighted by Gasteiger charge is -2.56. The van der Waals surface area contributed by atoms with Crippen molar-refractivity contribution in [3.05, 3.63) is 30.2 Å². The molecule has 0 spiro atoms. The number of phenols is 1. The first-order valence-corrected chi connectivity index (χ1v) is 13.0. The molecule has 6 rings (SSSR count). The molecule has 0 aliphatic heterocycles. The maximum atomic E-state index is 16.0. The molecule has 3 aliphatic rings. The van der Waals surface area contributed by atoms with Crippen LogP contribution in [0, 0.1) is 22.2 Å². The third kappa shape index (κ3) is 4.10. The van der Waals surface area contributed by atoms with Gasteiger partial charge in [-0.15, -0.1) is 10.2 Å². The number of anilines is 1. The molecule has 0 radical (unpaired) electrons. The Hall–Kier alpha value is -3.61. The topological polar surface area (TPSA) is 117 Å². The van der Waals surface area contributed by atoms with Crippen LogP contribution in [0.25, 0.3) is 22.8 Å². The summed E-state index contributed by atoms with van der Waals surface area (Å²) in [4.78, 5) is 10.9. The van der Waals surface area contributed by atoms with Crippen LogP contribution in [0.15, 0.2) is 24.4 Å². The van der Waals surface area contributed by atoms with E-state index < -0.39 is 6.17 Å². The highest BCUT2D eigenvalue weighted by Crippen LogP contribution is 2.58. The van der Waals surface area contributed by atoms with Gasteiger partial charge in [0.25, 0.3) is 0 Å². The Morgan fingerprint density at radius 2 is 2.00 bits per heavy atom. The van der Waals surface area contributed by atoms with Gasteiger partial charge in [-0.05, 0) is 56.1 Å². The van der Waals surface area contributed by atoms with Gasteiger partial charge < -0.3 is 10.0 Å². The van der Waals surface area contributed by atoms with Crippen molar-refractivity contribution in [2.24, 2.45) is 17.9 Å². The fourth-order valence-corrected chi connectivity index (χ4v) is 6.75. The summed E-state index contributed by atoms with van der Waals surface area (Å²) >= 11 is 0. The van der Waals surface area contributed by atoms with Crippen molar-refractivity contribution < 1.29 is 9.50 Å². The molecule has 37 heavy (non-hydrogen) atoms. The molecule has 1 aromatic carbocycles. The average molecular weight is 503 g/mol. The zero-order valence-corrected chi connectivity index (χ0v) is 21.4. The van der Waals surface area contributed by atoms with E-state index >= 15 is 4.39 Å². The molecule has 2 bridgehead atoms. The fourth-order valence-electron chi connectivity index (χ4n) is 6.75. The third-order valence-corrected chi connectivity index (χ3v) is 8.54. The number of alkyl halides is 1. The van der Waals surface area contributed by atoms with E-state index in [2.05, 4.69) is 44.0 Å². The summed E-state index contributed by atoms with van der Waals surface area (Å²) in [7, 11) is 1.64. The predicted molar refractivity (Wildman–Crippen MR) is 135 cm³/mol. The number of aromatic nitrogens is 6. The van der Waals surface area contributed by atoms with E-state index in [1.807, 2.05) is 6.07 Å². The van der Waals surface area contributed by atoms with Crippen molar-refractivity contribution in [2.75, 3.05) is 4.90 Å². The number of aromatic hydroxyl groups is 1. The molecule has 0 saturated heterocycles. The van der Waals surface area contributed by atoms with Gasteiger partial charge in [0.1, 0.15) is 18.0 Å². The van der Waals surface area contributed by atoms with Gasteiger partial charge in [0.15, 0.2) is 17.5 Å². The Labute approximate surface area is 215 Å². The number of aryl methyl sites for hydroxylation is 1. The molecule has 2 aromatic heterocycles. The normalized spacial score (nSPS) is 29.1. The number of hydrogen-bond donors (Lipinski definition) is 1. The number of nitrogens with zero attached hydrogens (tertiary/aromatic N) is 8. The lowest BCUT2D eigenvalue weighted by atomic mass is 9.54. The van der Waals surface area contributed by atoms with Crippen molar-refractivity contribution in [1.29, 1.82) is 5.26 Å². The maximum absolute atomic E-state index is 16.0. The minimum Gasteiger partial charge on any atom is -0.507 e. The molecule has 9 nitrogen and oxygen atoms in total. The van der Waals surface area contributed by atoms with Gasteiger partial charge in [-0.3, -0.25) is 0 Å². The maximum Gasteiger partial charge on any atom is 0.231 e. The van der Waals surface area contributed by atoms with Crippen molar-refractivity contribution >= 4 is 5.82 Å². The van der Waals surface area contributed by atoms with Crippen LogP contribution in [0.5, 0.6) is 5.75 Å². The lowest BCUT2D eigenvalue weighted by Crippen LogP contribution is -2.58. The number of halogens is 1. The fraction of sp³-hybridized carbons (Fsp3) is 0.556. The van der Waals surface area contributed by atoms with Gasteiger partial charge in [0, 0.05) is 24.1 Å². The molecule has 0 amide bonds. The summed E-state index contributed by atoms with van der Waals surface area (Å²) in [6.45, 7) is 4.43. The highest BCUT2D eigenvalue weighted by atomic mass is 19.1. The molecular weight excluding hydrogens is 471 g/mol. The van der Waals surface area contributed by atoms with Gasteiger partial charge in [0.05, 0.1) is 17.8 Å². The van der Waals surface area contributed by atoms with Crippen LogP contribution in [0.3, 0.4) is 0 Å². The molecular formula is C27H31FN8O. The number of fused-ring (bicyclic) bond motifs is 2. The van der Waals surface area contributed by atoms with Gasteiger partial charge in [0.2, 0.25) is 5.82 Å². The largest absolute Gasteiger partial charge is 0.507 e. The highest BCUT2D eigenvalue weighted by molar-refractivity contribution is 5.70. The van der Waals surface area contributed by atoms with Crippen LogP contribution < -0.4 is 4.90 Å². The minimum absolute atomic E-state index is 0.0400. The number of phenolic OH excluding ortho intramolecular Hbond substituents is 1. The van der Waals surface area contributed by atoms with E-state index in [1.165, 1.54) is 10.7 Å². The molecule has 1 N–H and O–H groups in total. The Kier molecular flexibility index (Phi) is 5.44. The molecule has 3 saturated carbocycles. The minimum atomic E-state index is -0.915. The van der Waals surface area contributed by atoms with Crippen molar-refractivity contribution in [2.45, 2.75) is 77.0 Å². The predicted octanol–water partition coefficient (Wildman–Crippen LogP) is 4.58. The second-order valence-corrected chi connectivity index (χ2v) is 11.7. The van der Waals surface area contributed by atoms with Gasteiger partial charge in [-0.1, -0.05) is 26.3 Å². The van der Waals surface area contributed by atoms with E-state index in [1.54, 1.807) is 25.4 Å². The summed E-state index contributed by atoms with van der Waals surface area (Å²) in [5.41, 5.74) is 0.848. The van der Waals surface area contributed by atoms with E-state index in [-0.39, 0.29) is 40.3 Å². The summed E-state index contributed by atoms with van der Waals surface area (Å²) in [5.74, 6) is 1.37. The second kappa shape index (κ2) is 8.47. The van der Waals surface area contributed by atoms with Crippen molar-refractivity contribution in [1.82, 2.24) is 29.9 Å². The Morgan fingerprint density at radius 1 is 1.19 bits per heavy atom. The molecule has 10 heteroatoms. The van der Waals surface area contributed by atoms with E-state index in [4.69, 9.17) is 5.26 Å². The second-order valence-electron chi connectivity index (χ2n) is 11.7. The quantitative estimate of drug-likeness (QED) is 0.539. The van der Waals surface area contributed by atoms with Gasteiger partial charge in [-0.25, -0.2) is 14.1 Å². The van der Waals surface area contributed by atoms with Crippen LogP contribution in [-0.4, -0.2) is 53.3 Å². The lowest BCUT2D eigenvalue weighted by molar-refractivity contribution is -0.0554. The summed E-state index contributed by atoms with van der Waals surface area (Å²) in [6.07, 6.45) is 7.74. The molecule has 3 aliphatic carbocycles. The first-order valence-electron chi connectivity index (χ1n) is 13.0. The summed E-state index contributed by atoms with van der Waals surface area (Å²) in [6, 6.07) is 6.97. The molecule has 3 fully saturated rings.